The summed E-state index contributed by atoms with van der Waals surface area (Å²) in [4.78, 5) is 17.4. The van der Waals surface area contributed by atoms with Crippen molar-refractivity contribution in [2.24, 2.45) is 0 Å². The van der Waals surface area contributed by atoms with E-state index in [1.807, 2.05) is 6.92 Å². The Morgan fingerprint density at radius 3 is 2.43 bits per heavy atom. The van der Waals surface area contributed by atoms with Gasteiger partial charge in [-0.05, 0) is 13.8 Å². The number of hydrogen-bond acceptors (Lipinski definition) is 6. The maximum absolute atomic E-state index is 12.0. The number of piperazine rings is 1. The molecule has 1 aliphatic heterocycles. The van der Waals surface area contributed by atoms with Gasteiger partial charge >= 0.3 is 0 Å². The second-order valence-electron chi connectivity index (χ2n) is 5.58. The minimum absolute atomic E-state index is 0.0860. The van der Waals surface area contributed by atoms with Crippen LogP contribution < -0.4 is 15.4 Å². The van der Waals surface area contributed by atoms with Crippen LogP contribution in [0.2, 0.25) is 0 Å². The number of thiophene rings is 1. The third kappa shape index (κ3) is 3.16. The number of nitrogens with zero attached hydrogens (tertiary/aromatic N) is 2. The molecule has 0 atom stereocenters. The minimum atomic E-state index is 0.0860. The number of methoxy groups -OCH3 is 1. The molecule has 118 valence electrons. The number of nitrogen functional groups attached to an aromatic ring is 1. The number of hydrogen-bond donors (Lipinski definition) is 1. The van der Waals surface area contributed by atoms with Crippen LogP contribution in [0, 0.1) is 0 Å². The molecule has 0 bridgehead atoms. The highest BCUT2D eigenvalue weighted by Crippen LogP contribution is 2.45. The summed E-state index contributed by atoms with van der Waals surface area (Å²) < 4.78 is 5.46. The van der Waals surface area contributed by atoms with Crippen molar-refractivity contribution in [1.29, 1.82) is 0 Å². The fourth-order valence-electron chi connectivity index (χ4n) is 2.63. The molecule has 2 N–H and O–H groups in total. The second kappa shape index (κ2) is 6.66. The molecular formula is C15H25N3O2S. The third-order valence-corrected chi connectivity index (χ3v) is 5.28. The lowest BCUT2D eigenvalue weighted by molar-refractivity contribution is 0.0992. The first-order chi connectivity index (χ1) is 9.99. The molecule has 6 heteroatoms. The van der Waals surface area contributed by atoms with E-state index >= 15 is 0 Å². The Balaban J connectivity index is 2.22. The molecule has 0 unspecified atom stereocenters. The smallest absolute Gasteiger partial charge is 0.177 e. The van der Waals surface area contributed by atoms with Crippen LogP contribution in [0.5, 0.6) is 5.75 Å². The first kappa shape index (κ1) is 16.1. The number of nitrogens with two attached hydrogens (primary N) is 1. The van der Waals surface area contributed by atoms with Crippen molar-refractivity contribution >= 4 is 27.8 Å². The lowest BCUT2D eigenvalue weighted by Gasteiger charge is -2.37. The summed E-state index contributed by atoms with van der Waals surface area (Å²) in [6, 6.07) is 0.569. The Kier molecular flexibility index (Phi) is 5.11. The summed E-state index contributed by atoms with van der Waals surface area (Å²) in [5.41, 5.74) is 6.60. The van der Waals surface area contributed by atoms with E-state index in [4.69, 9.17) is 10.5 Å². The van der Waals surface area contributed by atoms with Crippen molar-refractivity contribution in [1.82, 2.24) is 4.90 Å². The maximum Gasteiger partial charge on any atom is 0.177 e. The van der Waals surface area contributed by atoms with Crippen molar-refractivity contribution in [3.05, 3.63) is 4.88 Å². The van der Waals surface area contributed by atoms with Crippen LogP contribution in [0.4, 0.5) is 10.7 Å². The first-order valence-electron chi connectivity index (χ1n) is 7.48. The zero-order valence-electron chi connectivity index (χ0n) is 13.3. The molecule has 0 amide bonds. The van der Waals surface area contributed by atoms with Gasteiger partial charge in [-0.3, -0.25) is 9.69 Å². The zero-order chi connectivity index (χ0) is 15.6. The van der Waals surface area contributed by atoms with Gasteiger partial charge in [-0.2, -0.15) is 0 Å². The highest BCUT2D eigenvalue weighted by Gasteiger charge is 2.27. The largest absolute Gasteiger partial charge is 0.492 e. The Morgan fingerprint density at radius 2 is 1.95 bits per heavy atom. The number of Topliss-reactive ketones (excluding diaryl/α,β-unsaturated/α-hetero) is 1. The van der Waals surface area contributed by atoms with Crippen LogP contribution in [0.3, 0.4) is 0 Å². The summed E-state index contributed by atoms with van der Waals surface area (Å²) >= 11 is 1.47. The monoisotopic (exact) mass is 311 g/mol. The number of carbonyl (C=O) groups excluding carboxylic acids is 1. The number of anilines is 2. The Morgan fingerprint density at radius 1 is 1.33 bits per heavy atom. The number of ketones is 1. The number of ether oxygens (including phenoxy) is 1. The van der Waals surface area contributed by atoms with Gasteiger partial charge in [-0.1, -0.05) is 6.92 Å². The molecule has 1 aromatic rings. The van der Waals surface area contributed by atoms with Crippen LogP contribution in [-0.4, -0.2) is 50.0 Å². The van der Waals surface area contributed by atoms with Crippen molar-refractivity contribution in [2.45, 2.75) is 33.2 Å². The fraction of sp³-hybridized carbons (Fsp3) is 0.667. The molecule has 0 saturated carbocycles. The molecule has 0 aromatic carbocycles. The van der Waals surface area contributed by atoms with Crippen molar-refractivity contribution in [2.75, 3.05) is 43.9 Å². The SMILES string of the molecule is CCC(=O)c1sc(N2CCN(C(C)C)CC2)c(OC)c1N. The van der Waals surface area contributed by atoms with Gasteiger partial charge < -0.3 is 15.4 Å². The Labute approximate surface area is 130 Å². The van der Waals surface area contributed by atoms with Crippen LogP contribution in [0.1, 0.15) is 36.9 Å². The maximum atomic E-state index is 12.0. The van der Waals surface area contributed by atoms with Crippen molar-refractivity contribution in [3.8, 4) is 5.75 Å². The highest BCUT2D eigenvalue weighted by molar-refractivity contribution is 7.19. The average molecular weight is 311 g/mol. The molecule has 1 aliphatic rings. The lowest BCUT2D eigenvalue weighted by Crippen LogP contribution is -2.48. The van der Waals surface area contributed by atoms with Gasteiger partial charge in [0.15, 0.2) is 11.5 Å². The molecule has 1 saturated heterocycles. The van der Waals surface area contributed by atoms with E-state index in [0.717, 1.165) is 31.2 Å². The van der Waals surface area contributed by atoms with E-state index in [9.17, 15) is 4.79 Å². The standard InChI is InChI=1S/C15H25N3O2S/c1-5-11(19)14-12(16)13(20-4)15(21-14)18-8-6-17(7-9-18)10(2)3/h10H,5-9,16H2,1-4H3. The van der Waals surface area contributed by atoms with Crippen molar-refractivity contribution in [3.63, 3.8) is 0 Å². The molecule has 0 radical (unpaired) electrons. The summed E-state index contributed by atoms with van der Waals surface area (Å²) in [5, 5.41) is 0.996. The van der Waals surface area contributed by atoms with Gasteiger partial charge in [0, 0.05) is 38.6 Å². The van der Waals surface area contributed by atoms with E-state index in [1.54, 1.807) is 7.11 Å². The molecule has 0 aliphatic carbocycles. The number of carbonyl (C=O) groups is 1. The van der Waals surface area contributed by atoms with Gasteiger partial charge in [0.1, 0.15) is 5.00 Å². The molecule has 2 rings (SSSR count). The lowest BCUT2D eigenvalue weighted by atomic mass is 10.2. The van der Waals surface area contributed by atoms with Gasteiger partial charge in [-0.15, -0.1) is 11.3 Å². The topological polar surface area (TPSA) is 58.8 Å². The first-order valence-corrected chi connectivity index (χ1v) is 8.29. The zero-order valence-corrected chi connectivity index (χ0v) is 14.1. The quantitative estimate of drug-likeness (QED) is 0.847. The van der Waals surface area contributed by atoms with Gasteiger partial charge in [-0.25, -0.2) is 0 Å². The second-order valence-corrected chi connectivity index (χ2v) is 6.58. The van der Waals surface area contributed by atoms with Crippen LogP contribution >= 0.6 is 11.3 Å². The van der Waals surface area contributed by atoms with Gasteiger partial charge in [0.05, 0.1) is 17.7 Å². The molecule has 0 spiro atoms. The summed E-state index contributed by atoms with van der Waals surface area (Å²) in [5.74, 6) is 0.748. The predicted molar refractivity (Wildman–Crippen MR) is 88.8 cm³/mol. The van der Waals surface area contributed by atoms with Crippen LogP contribution in [0.15, 0.2) is 0 Å². The van der Waals surface area contributed by atoms with Crippen molar-refractivity contribution < 1.29 is 9.53 Å². The predicted octanol–water partition coefficient (Wildman–Crippen LogP) is 2.46. The average Bonchev–Trinajstić information content (AvgIpc) is 2.83. The van der Waals surface area contributed by atoms with E-state index in [1.165, 1.54) is 11.3 Å². The summed E-state index contributed by atoms with van der Waals surface area (Å²) in [7, 11) is 1.62. The van der Waals surface area contributed by atoms with Crippen LogP contribution in [0.25, 0.3) is 0 Å². The van der Waals surface area contributed by atoms with E-state index in [-0.39, 0.29) is 5.78 Å². The van der Waals surface area contributed by atoms with E-state index in [0.29, 0.717) is 28.8 Å². The summed E-state index contributed by atoms with van der Waals surface area (Å²) in [6.07, 6.45) is 0.467. The Bertz CT molecular complexity index is 505. The highest BCUT2D eigenvalue weighted by atomic mass is 32.1. The third-order valence-electron chi connectivity index (χ3n) is 3.99. The molecule has 1 fully saturated rings. The molecule has 5 nitrogen and oxygen atoms in total. The molecular weight excluding hydrogens is 286 g/mol. The van der Waals surface area contributed by atoms with Gasteiger partial charge in [0.2, 0.25) is 0 Å². The molecule has 1 aromatic heterocycles. The Hall–Kier alpha value is -1.27. The minimum Gasteiger partial charge on any atom is -0.492 e. The van der Waals surface area contributed by atoms with Crippen LogP contribution in [-0.2, 0) is 0 Å². The molecule has 2 heterocycles. The van der Waals surface area contributed by atoms with E-state index < -0.39 is 0 Å². The fourth-order valence-corrected chi connectivity index (χ4v) is 3.88. The number of rotatable bonds is 5. The molecule has 21 heavy (non-hydrogen) atoms. The van der Waals surface area contributed by atoms with Gasteiger partial charge in [0.25, 0.3) is 0 Å². The summed E-state index contributed by atoms with van der Waals surface area (Å²) in [6.45, 7) is 10.2. The normalized spacial score (nSPS) is 16.5. The van der Waals surface area contributed by atoms with E-state index in [2.05, 4.69) is 23.6 Å².